The van der Waals surface area contributed by atoms with Crippen LogP contribution in [0.25, 0.3) is 0 Å². The summed E-state index contributed by atoms with van der Waals surface area (Å²) in [5, 5.41) is 3.92. The second-order valence-corrected chi connectivity index (χ2v) is 3.31. The standard InChI is InChI=1S/C9H17N3O/c1-8-6-9(11-13-8)7-12(2)5-3-4-10/h6H,3-5,7,10H2,1-2H3. The lowest BCUT2D eigenvalue weighted by Crippen LogP contribution is -2.21. The summed E-state index contributed by atoms with van der Waals surface area (Å²) in [5.74, 6) is 0.863. The van der Waals surface area contributed by atoms with Gasteiger partial charge < -0.3 is 15.2 Å². The summed E-state index contributed by atoms with van der Waals surface area (Å²) < 4.78 is 4.97. The third kappa shape index (κ3) is 3.57. The monoisotopic (exact) mass is 183 g/mol. The van der Waals surface area contributed by atoms with E-state index < -0.39 is 0 Å². The summed E-state index contributed by atoms with van der Waals surface area (Å²) in [6.45, 7) is 4.47. The molecule has 0 bridgehead atoms. The van der Waals surface area contributed by atoms with E-state index in [1.54, 1.807) is 0 Å². The van der Waals surface area contributed by atoms with Gasteiger partial charge in [-0.15, -0.1) is 0 Å². The molecule has 0 spiro atoms. The van der Waals surface area contributed by atoms with Crippen molar-refractivity contribution >= 4 is 0 Å². The molecule has 0 aliphatic carbocycles. The molecular formula is C9H17N3O. The van der Waals surface area contributed by atoms with Crippen molar-refractivity contribution in [2.45, 2.75) is 19.9 Å². The highest BCUT2D eigenvalue weighted by Crippen LogP contribution is 2.04. The maximum Gasteiger partial charge on any atom is 0.133 e. The molecule has 0 aliphatic heterocycles. The first-order valence-electron chi connectivity index (χ1n) is 4.53. The van der Waals surface area contributed by atoms with Crippen molar-refractivity contribution < 1.29 is 4.52 Å². The number of nitrogens with two attached hydrogens (primary N) is 1. The Kier molecular flexibility index (Phi) is 3.92. The number of aromatic nitrogens is 1. The molecule has 4 nitrogen and oxygen atoms in total. The molecule has 0 aliphatic rings. The Labute approximate surface area is 78.7 Å². The van der Waals surface area contributed by atoms with E-state index in [2.05, 4.69) is 17.1 Å². The lowest BCUT2D eigenvalue weighted by molar-refractivity contribution is 0.307. The van der Waals surface area contributed by atoms with Crippen molar-refractivity contribution in [3.8, 4) is 0 Å². The maximum absolute atomic E-state index is 5.41. The largest absolute Gasteiger partial charge is 0.361 e. The molecule has 74 valence electrons. The minimum atomic E-state index is 0.738. The van der Waals surface area contributed by atoms with Crippen LogP contribution < -0.4 is 5.73 Å². The van der Waals surface area contributed by atoms with E-state index in [9.17, 15) is 0 Å². The molecule has 1 aromatic rings. The molecule has 0 fully saturated rings. The summed E-state index contributed by atoms with van der Waals surface area (Å²) in [5.41, 5.74) is 6.40. The molecule has 0 saturated carbocycles. The summed E-state index contributed by atoms with van der Waals surface area (Å²) in [7, 11) is 2.06. The highest BCUT2D eigenvalue weighted by atomic mass is 16.5. The molecule has 0 unspecified atom stereocenters. The van der Waals surface area contributed by atoms with Crippen LogP contribution in [0.5, 0.6) is 0 Å². The normalized spacial score (nSPS) is 11.1. The van der Waals surface area contributed by atoms with Gasteiger partial charge in [0, 0.05) is 12.6 Å². The summed E-state index contributed by atoms with van der Waals surface area (Å²) in [6, 6.07) is 1.96. The number of aryl methyl sites for hydroxylation is 1. The van der Waals surface area contributed by atoms with Gasteiger partial charge in [0.25, 0.3) is 0 Å². The minimum absolute atomic E-state index is 0.738. The molecule has 0 radical (unpaired) electrons. The van der Waals surface area contributed by atoms with Gasteiger partial charge in [0.15, 0.2) is 0 Å². The number of rotatable bonds is 5. The summed E-state index contributed by atoms with van der Waals surface area (Å²) >= 11 is 0. The maximum atomic E-state index is 5.41. The number of hydrogen-bond acceptors (Lipinski definition) is 4. The van der Waals surface area contributed by atoms with Crippen molar-refractivity contribution in [1.82, 2.24) is 10.1 Å². The molecule has 13 heavy (non-hydrogen) atoms. The topological polar surface area (TPSA) is 55.3 Å². The molecule has 1 aromatic heterocycles. The van der Waals surface area contributed by atoms with Gasteiger partial charge in [-0.3, -0.25) is 0 Å². The predicted molar refractivity (Wildman–Crippen MR) is 51.2 cm³/mol. The van der Waals surface area contributed by atoms with Crippen molar-refractivity contribution in [2.24, 2.45) is 5.73 Å². The van der Waals surface area contributed by atoms with E-state index >= 15 is 0 Å². The smallest absolute Gasteiger partial charge is 0.133 e. The molecule has 1 rings (SSSR count). The zero-order valence-corrected chi connectivity index (χ0v) is 8.29. The fraction of sp³-hybridized carbons (Fsp3) is 0.667. The molecular weight excluding hydrogens is 166 g/mol. The van der Waals surface area contributed by atoms with Gasteiger partial charge in [0.05, 0.1) is 5.69 Å². The second kappa shape index (κ2) is 4.99. The van der Waals surface area contributed by atoms with Crippen LogP contribution in [0.1, 0.15) is 17.9 Å². The molecule has 0 atom stereocenters. The lowest BCUT2D eigenvalue weighted by Gasteiger charge is -2.13. The minimum Gasteiger partial charge on any atom is -0.361 e. The molecule has 1 heterocycles. The van der Waals surface area contributed by atoms with Gasteiger partial charge in [0.1, 0.15) is 5.76 Å². The van der Waals surface area contributed by atoms with Crippen LogP contribution in [-0.2, 0) is 6.54 Å². The van der Waals surface area contributed by atoms with Crippen LogP contribution in [0.3, 0.4) is 0 Å². The number of hydrogen-bond donors (Lipinski definition) is 1. The molecule has 0 saturated heterocycles. The molecule has 2 N–H and O–H groups in total. The Morgan fingerprint density at radius 1 is 1.62 bits per heavy atom. The molecule has 4 heteroatoms. The van der Waals surface area contributed by atoms with Crippen molar-refractivity contribution in [1.29, 1.82) is 0 Å². The van der Waals surface area contributed by atoms with Crippen molar-refractivity contribution in [3.63, 3.8) is 0 Å². The number of nitrogens with zero attached hydrogens (tertiary/aromatic N) is 2. The Morgan fingerprint density at radius 2 is 2.38 bits per heavy atom. The van der Waals surface area contributed by atoms with Crippen LogP contribution in [0.15, 0.2) is 10.6 Å². The molecule has 0 amide bonds. The van der Waals surface area contributed by atoms with Gasteiger partial charge in [-0.1, -0.05) is 5.16 Å². The lowest BCUT2D eigenvalue weighted by atomic mass is 10.3. The van der Waals surface area contributed by atoms with Crippen LogP contribution in [0.4, 0.5) is 0 Å². The van der Waals surface area contributed by atoms with Crippen molar-refractivity contribution in [3.05, 3.63) is 17.5 Å². The highest BCUT2D eigenvalue weighted by molar-refractivity contribution is 5.02. The first-order chi connectivity index (χ1) is 6.22. The van der Waals surface area contributed by atoms with E-state index in [1.165, 1.54) is 0 Å². The first-order valence-corrected chi connectivity index (χ1v) is 4.53. The van der Waals surface area contributed by atoms with Gasteiger partial charge in [-0.2, -0.15) is 0 Å². The van der Waals surface area contributed by atoms with Crippen LogP contribution in [0, 0.1) is 6.92 Å². The Morgan fingerprint density at radius 3 is 2.92 bits per heavy atom. The Balaban J connectivity index is 2.31. The third-order valence-electron chi connectivity index (χ3n) is 1.85. The van der Waals surface area contributed by atoms with Crippen molar-refractivity contribution in [2.75, 3.05) is 20.1 Å². The summed E-state index contributed by atoms with van der Waals surface area (Å²) in [6.07, 6.45) is 1.02. The van der Waals surface area contributed by atoms with Gasteiger partial charge in [0.2, 0.25) is 0 Å². The first kappa shape index (κ1) is 10.2. The Bertz CT molecular complexity index is 247. The van der Waals surface area contributed by atoms with Crippen LogP contribution in [-0.4, -0.2) is 30.2 Å². The van der Waals surface area contributed by atoms with Gasteiger partial charge in [-0.25, -0.2) is 0 Å². The van der Waals surface area contributed by atoms with E-state index in [0.29, 0.717) is 0 Å². The van der Waals surface area contributed by atoms with E-state index in [-0.39, 0.29) is 0 Å². The second-order valence-electron chi connectivity index (χ2n) is 3.31. The molecule has 0 aromatic carbocycles. The SMILES string of the molecule is Cc1cc(CN(C)CCCN)no1. The van der Waals surface area contributed by atoms with Crippen LogP contribution in [0.2, 0.25) is 0 Å². The van der Waals surface area contributed by atoms with Crippen LogP contribution >= 0.6 is 0 Å². The average Bonchev–Trinajstić information content (AvgIpc) is 2.48. The Hall–Kier alpha value is -0.870. The van der Waals surface area contributed by atoms with E-state index in [0.717, 1.165) is 37.5 Å². The van der Waals surface area contributed by atoms with Gasteiger partial charge >= 0.3 is 0 Å². The van der Waals surface area contributed by atoms with E-state index in [4.69, 9.17) is 10.3 Å². The third-order valence-corrected chi connectivity index (χ3v) is 1.85. The van der Waals surface area contributed by atoms with Gasteiger partial charge in [-0.05, 0) is 33.5 Å². The predicted octanol–water partition coefficient (Wildman–Crippen LogP) is 0.764. The van der Waals surface area contributed by atoms with E-state index in [1.807, 2.05) is 13.0 Å². The highest BCUT2D eigenvalue weighted by Gasteiger charge is 2.03. The quantitative estimate of drug-likeness (QED) is 0.732. The zero-order valence-electron chi connectivity index (χ0n) is 8.29. The summed E-state index contributed by atoms with van der Waals surface area (Å²) in [4.78, 5) is 2.18. The zero-order chi connectivity index (χ0) is 9.68. The average molecular weight is 183 g/mol. The fourth-order valence-corrected chi connectivity index (χ4v) is 1.21. The fourth-order valence-electron chi connectivity index (χ4n) is 1.21.